The minimum absolute atomic E-state index is 0.516. The first-order chi connectivity index (χ1) is 5.42. The molecule has 1 aliphatic rings. The molecule has 0 bridgehead atoms. The van der Waals surface area contributed by atoms with Gasteiger partial charge in [-0.2, -0.15) is 0 Å². The molecule has 12 heavy (non-hydrogen) atoms. The molecular formula is C12H22. The van der Waals surface area contributed by atoms with E-state index >= 15 is 0 Å². The second-order valence-corrected chi connectivity index (χ2v) is 5.39. The van der Waals surface area contributed by atoms with Gasteiger partial charge in [0.1, 0.15) is 0 Å². The molecule has 1 aliphatic carbocycles. The van der Waals surface area contributed by atoms with E-state index in [1.165, 1.54) is 24.8 Å². The molecule has 0 aromatic heterocycles. The van der Waals surface area contributed by atoms with Crippen molar-refractivity contribution in [3.63, 3.8) is 0 Å². The van der Waals surface area contributed by atoms with Crippen LogP contribution in [0.15, 0.2) is 12.2 Å². The van der Waals surface area contributed by atoms with E-state index < -0.39 is 0 Å². The third-order valence-electron chi connectivity index (χ3n) is 3.17. The lowest BCUT2D eigenvalue weighted by molar-refractivity contribution is 0.221. The van der Waals surface area contributed by atoms with Crippen molar-refractivity contribution in [2.75, 3.05) is 0 Å². The Balaban J connectivity index is 2.60. The van der Waals surface area contributed by atoms with Gasteiger partial charge in [0.05, 0.1) is 0 Å². The average Bonchev–Trinajstić information content (AvgIpc) is 1.83. The molecule has 1 saturated carbocycles. The van der Waals surface area contributed by atoms with Gasteiger partial charge in [-0.1, -0.05) is 39.8 Å². The monoisotopic (exact) mass is 166 g/mol. The van der Waals surface area contributed by atoms with Gasteiger partial charge in [-0.15, -0.1) is 0 Å². The van der Waals surface area contributed by atoms with Crippen LogP contribution in [0.4, 0.5) is 0 Å². The Bertz CT molecular complexity index is 174. The fourth-order valence-corrected chi connectivity index (χ4v) is 2.39. The third-order valence-corrected chi connectivity index (χ3v) is 3.17. The van der Waals surface area contributed by atoms with Gasteiger partial charge in [0.25, 0.3) is 0 Å². The molecule has 0 heteroatoms. The fourth-order valence-electron chi connectivity index (χ4n) is 2.39. The van der Waals surface area contributed by atoms with Crippen molar-refractivity contribution in [1.29, 1.82) is 0 Å². The van der Waals surface area contributed by atoms with Crippen LogP contribution in [0.3, 0.4) is 0 Å². The zero-order valence-corrected chi connectivity index (χ0v) is 8.98. The summed E-state index contributed by atoms with van der Waals surface area (Å²) < 4.78 is 0. The van der Waals surface area contributed by atoms with Crippen LogP contribution < -0.4 is 0 Å². The molecule has 0 heterocycles. The zero-order valence-electron chi connectivity index (χ0n) is 8.98. The first-order valence-corrected chi connectivity index (χ1v) is 5.10. The van der Waals surface area contributed by atoms with Gasteiger partial charge < -0.3 is 0 Å². The molecule has 1 unspecified atom stereocenters. The van der Waals surface area contributed by atoms with E-state index in [0.29, 0.717) is 5.41 Å². The summed E-state index contributed by atoms with van der Waals surface area (Å²) in [5, 5.41) is 0. The van der Waals surface area contributed by atoms with Gasteiger partial charge >= 0.3 is 0 Å². The lowest BCUT2D eigenvalue weighted by Crippen LogP contribution is -2.25. The molecule has 1 rings (SSSR count). The maximum absolute atomic E-state index is 4.21. The van der Waals surface area contributed by atoms with Gasteiger partial charge in [-0.3, -0.25) is 0 Å². The van der Waals surface area contributed by atoms with Crippen molar-refractivity contribution in [3.8, 4) is 0 Å². The number of hydrogen-bond donors (Lipinski definition) is 0. The Morgan fingerprint density at radius 3 is 2.42 bits per heavy atom. The highest BCUT2D eigenvalue weighted by atomic mass is 14.4. The molecule has 0 aromatic rings. The largest absolute Gasteiger partial charge is 0.0996 e. The maximum Gasteiger partial charge on any atom is -0.0182 e. The Morgan fingerprint density at radius 2 is 2.00 bits per heavy atom. The summed E-state index contributed by atoms with van der Waals surface area (Å²) in [6.07, 6.45) is 3.95. The van der Waals surface area contributed by atoms with Crippen LogP contribution in [-0.4, -0.2) is 0 Å². The van der Waals surface area contributed by atoms with Gasteiger partial charge in [0.2, 0.25) is 0 Å². The topological polar surface area (TPSA) is 0 Å². The molecular weight excluding hydrogens is 144 g/mol. The second-order valence-electron chi connectivity index (χ2n) is 5.39. The van der Waals surface area contributed by atoms with Crippen LogP contribution in [0, 0.1) is 17.3 Å². The van der Waals surface area contributed by atoms with E-state index in [0.717, 1.165) is 11.8 Å². The molecule has 0 aliphatic heterocycles. The minimum atomic E-state index is 0.516. The Morgan fingerprint density at radius 1 is 1.42 bits per heavy atom. The fraction of sp³-hybridized carbons (Fsp3) is 0.833. The van der Waals surface area contributed by atoms with Crippen LogP contribution in [0.1, 0.15) is 47.0 Å². The minimum Gasteiger partial charge on any atom is -0.0996 e. The number of hydrogen-bond acceptors (Lipinski definition) is 0. The summed E-state index contributed by atoms with van der Waals surface area (Å²) in [5.41, 5.74) is 2.00. The van der Waals surface area contributed by atoms with Gasteiger partial charge in [0.15, 0.2) is 0 Å². The van der Waals surface area contributed by atoms with E-state index in [1.807, 2.05) is 0 Å². The lowest BCUT2D eigenvalue weighted by Gasteiger charge is -2.38. The smallest absolute Gasteiger partial charge is 0.0182 e. The quantitative estimate of drug-likeness (QED) is 0.516. The highest BCUT2D eigenvalue weighted by Gasteiger charge is 2.30. The van der Waals surface area contributed by atoms with Gasteiger partial charge in [0, 0.05) is 0 Å². The van der Waals surface area contributed by atoms with Crippen molar-refractivity contribution >= 4 is 0 Å². The van der Waals surface area contributed by atoms with Crippen molar-refractivity contribution in [2.24, 2.45) is 17.3 Å². The third kappa shape index (κ3) is 2.12. The molecule has 0 spiro atoms. The first kappa shape index (κ1) is 9.83. The van der Waals surface area contributed by atoms with E-state index in [-0.39, 0.29) is 0 Å². The van der Waals surface area contributed by atoms with E-state index in [4.69, 9.17) is 0 Å². The molecule has 0 nitrogen and oxygen atoms in total. The summed E-state index contributed by atoms with van der Waals surface area (Å²) in [4.78, 5) is 0. The highest BCUT2D eigenvalue weighted by Crippen LogP contribution is 2.43. The zero-order chi connectivity index (χ0) is 9.35. The van der Waals surface area contributed by atoms with E-state index in [9.17, 15) is 0 Å². The first-order valence-electron chi connectivity index (χ1n) is 5.10. The standard InChI is InChI=1S/C12H22/c1-9(2)11-6-7-12(4,5)8-10(11)3/h9,11H,3,6-8H2,1-2,4-5H3. The van der Waals surface area contributed by atoms with Crippen molar-refractivity contribution in [2.45, 2.75) is 47.0 Å². The Hall–Kier alpha value is -0.260. The van der Waals surface area contributed by atoms with Crippen LogP contribution >= 0.6 is 0 Å². The molecule has 1 atom stereocenters. The second kappa shape index (κ2) is 3.24. The van der Waals surface area contributed by atoms with Crippen LogP contribution in [0.5, 0.6) is 0 Å². The van der Waals surface area contributed by atoms with Crippen molar-refractivity contribution in [1.82, 2.24) is 0 Å². The average molecular weight is 166 g/mol. The van der Waals surface area contributed by atoms with Crippen LogP contribution in [-0.2, 0) is 0 Å². The predicted octanol–water partition coefficient (Wildman–Crippen LogP) is 4.02. The molecule has 70 valence electrons. The number of allylic oxidation sites excluding steroid dienone is 1. The molecule has 0 N–H and O–H groups in total. The number of rotatable bonds is 1. The SMILES string of the molecule is C=C1CC(C)(C)CCC1C(C)C. The molecule has 0 radical (unpaired) electrons. The van der Waals surface area contributed by atoms with E-state index in [1.54, 1.807) is 0 Å². The molecule has 0 aromatic carbocycles. The molecule has 0 saturated heterocycles. The highest BCUT2D eigenvalue weighted by molar-refractivity contribution is 5.08. The lowest BCUT2D eigenvalue weighted by atomic mass is 9.68. The Labute approximate surface area is 77.1 Å². The van der Waals surface area contributed by atoms with Gasteiger partial charge in [-0.25, -0.2) is 0 Å². The maximum atomic E-state index is 4.21. The summed E-state index contributed by atoms with van der Waals surface area (Å²) in [5.74, 6) is 1.58. The molecule has 0 amide bonds. The predicted molar refractivity (Wildman–Crippen MR) is 55.1 cm³/mol. The summed E-state index contributed by atoms with van der Waals surface area (Å²) in [6, 6.07) is 0. The van der Waals surface area contributed by atoms with Crippen LogP contribution in [0.2, 0.25) is 0 Å². The normalized spacial score (nSPS) is 29.4. The summed E-state index contributed by atoms with van der Waals surface area (Å²) in [6.45, 7) is 13.6. The van der Waals surface area contributed by atoms with E-state index in [2.05, 4.69) is 34.3 Å². The summed E-state index contributed by atoms with van der Waals surface area (Å²) in [7, 11) is 0. The van der Waals surface area contributed by atoms with Crippen molar-refractivity contribution < 1.29 is 0 Å². The van der Waals surface area contributed by atoms with Crippen LogP contribution in [0.25, 0.3) is 0 Å². The Kier molecular flexibility index (Phi) is 2.65. The van der Waals surface area contributed by atoms with Crippen molar-refractivity contribution in [3.05, 3.63) is 12.2 Å². The van der Waals surface area contributed by atoms with Gasteiger partial charge in [-0.05, 0) is 36.5 Å². The molecule has 1 fully saturated rings. The summed E-state index contributed by atoms with van der Waals surface area (Å²) >= 11 is 0.